The molecule has 0 atom stereocenters. The predicted molar refractivity (Wildman–Crippen MR) is 100 cm³/mol. The standard InChI is InChI=1S/C19H19N3O6/c1-21-11-13(22(25)26)9-14(18(21)24)12-2-3-15-16(8-12)28-19(10-17(23)20-15)4-6-27-7-5-19/h2-3,8-9,11H,4-7,10H2,1H3,(H,20,23). The average molecular weight is 385 g/mol. The Morgan fingerprint density at radius 3 is 2.68 bits per heavy atom. The van der Waals surface area contributed by atoms with Gasteiger partial charge in [-0.15, -0.1) is 0 Å². The number of nitrogens with one attached hydrogen (secondary N) is 1. The number of rotatable bonds is 2. The van der Waals surface area contributed by atoms with Gasteiger partial charge in [-0.25, -0.2) is 0 Å². The first kappa shape index (κ1) is 18.2. The third-order valence-electron chi connectivity index (χ3n) is 5.16. The minimum absolute atomic E-state index is 0.139. The van der Waals surface area contributed by atoms with Crippen LogP contribution in [0.25, 0.3) is 11.1 Å². The minimum atomic E-state index is -0.653. The van der Waals surface area contributed by atoms with E-state index in [-0.39, 0.29) is 29.1 Å². The molecule has 3 heterocycles. The Kier molecular flexibility index (Phi) is 4.38. The number of ether oxygens (including phenoxy) is 2. The smallest absolute Gasteiger partial charge is 0.286 e. The van der Waals surface area contributed by atoms with Crippen molar-refractivity contribution in [2.45, 2.75) is 24.9 Å². The van der Waals surface area contributed by atoms with E-state index in [4.69, 9.17) is 9.47 Å². The molecule has 146 valence electrons. The molecule has 0 saturated carbocycles. The van der Waals surface area contributed by atoms with Crippen molar-refractivity contribution < 1.29 is 19.2 Å². The highest BCUT2D eigenvalue weighted by Gasteiger charge is 2.40. The quantitative estimate of drug-likeness (QED) is 0.627. The molecule has 1 aromatic heterocycles. The van der Waals surface area contributed by atoms with E-state index in [2.05, 4.69) is 5.32 Å². The summed E-state index contributed by atoms with van der Waals surface area (Å²) in [5.74, 6) is 0.304. The zero-order valence-corrected chi connectivity index (χ0v) is 15.3. The van der Waals surface area contributed by atoms with Crippen LogP contribution in [0.5, 0.6) is 5.75 Å². The number of aryl methyl sites for hydroxylation is 1. The lowest BCUT2D eigenvalue weighted by Crippen LogP contribution is -2.43. The Balaban J connectivity index is 1.80. The van der Waals surface area contributed by atoms with E-state index < -0.39 is 10.5 Å². The number of pyridine rings is 1. The summed E-state index contributed by atoms with van der Waals surface area (Å²) in [5, 5.41) is 14.0. The molecular weight excluding hydrogens is 366 g/mol. The van der Waals surface area contributed by atoms with Crippen molar-refractivity contribution >= 4 is 17.3 Å². The summed E-state index contributed by atoms with van der Waals surface area (Å²) in [6.45, 7) is 1.02. The topological polar surface area (TPSA) is 113 Å². The third kappa shape index (κ3) is 3.24. The molecular formula is C19H19N3O6. The van der Waals surface area contributed by atoms with Gasteiger partial charge in [-0.1, -0.05) is 6.07 Å². The van der Waals surface area contributed by atoms with Gasteiger partial charge >= 0.3 is 0 Å². The lowest BCUT2D eigenvalue weighted by atomic mass is 9.90. The fourth-order valence-electron chi connectivity index (χ4n) is 3.66. The molecule has 0 radical (unpaired) electrons. The van der Waals surface area contributed by atoms with Gasteiger partial charge in [-0.3, -0.25) is 19.7 Å². The summed E-state index contributed by atoms with van der Waals surface area (Å²) in [5.41, 5.74) is 0.00599. The van der Waals surface area contributed by atoms with Crippen molar-refractivity contribution in [3.63, 3.8) is 0 Å². The SMILES string of the molecule is Cn1cc([N+](=O)[O-])cc(-c2ccc3c(c2)OC2(CCOCC2)CC(=O)N3)c1=O. The first-order chi connectivity index (χ1) is 13.4. The summed E-state index contributed by atoms with van der Waals surface area (Å²) in [6, 6.07) is 6.20. The van der Waals surface area contributed by atoms with E-state index in [1.807, 2.05) is 0 Å². The zero-order valence-electron chi connectivity index (χ0n) is 15.3. The van der Waals surface area contributed by atoms with Crippen LogP contribution in [-0.4, -0.2) is 34.2 Å². The summed E-state index contributed by atoms with van der Waals surface area (Å²) in [4.78, 5) is 35.5. The van der Waals surface area contributed by atoms with Crippen LogP contribution in [-0.2, 0) is 16.6 Å². The average Bonchev–Trinajstić information content (AvgIpc) is 2.78. The van der Waals surface area contributed by atoms with E-state index in [0.717, 1.165) is 0 Å². The Labute approximate surface area is 160 Å². The third-order valence-corrected chi connectivity index (χ3v) is 5.16. The summed E-state index contributed by atoms with van der Waals surface area (Å²) >= 11 is 0. The van der Waals surface area contributed by atoms with Crippen LogP contribution in [0.4, 0.5) is 11.4 Å². The number of anilines is 1. The lowest BCUT2D eigenvalue weighted by molar-refractivity contribution is -0.385. The van der Waals surface area contributed by atoms with Gasteiger partial charge in [0, 0.05) is 26.0 Å². The number of carbonyl (C=O) groups excluding carboxylic acids is 1. The van der Waals surface area contributed by atoms with Crippen LogP contribution >= 0.6 is 0 Å². The molecule has 1 aromatic carbocycles. The number of hydrogen-bond donors (Lipinski definition) is 1. The molecule has 0 bridgehead atoms. The fraction of sp³-hybridized carbons (Fsp3) is 0.368. The van der Waals surface area contributed by atoms with Crippen molar-refractivity contribution in [2.75, 3.05) is 18.5 Å². The molecule has 1 saturated heterocycles. The molecule has 9 nitrogen and oxygen atoms in total. The first-order valence-corrected chi connectivity index (χ1v) is 8.93. The van der Waals surface area contributed by atoms with Gasteiger partial charge < -0.3 is 19.4 Å². The number of benzene rings is 1. The predicted octanol–water partition coefficient (Wildman–Crippen LogP) is 2.23. The van der Waals surface area contributed by atoms with Gasteiger partial charge in [0.1, 0.15) is 11.4 Å². The highest BCUT2D eigenvalue weighted by Crippen LogP contribution is 2.40. The van der Waals surface area contributed by atoms with Crippen molar-refractivity contribution in [3.05, 3.63) is 50.9 Å². The molecule has 0 aliphatic carbocycles. The van der Waals surface area contributed by atoms with Crippen molar-refractivity contribution in [2.24, 2.45) is 7.05 Å². The van der Waals surface area contributed by atoms with Crippen LogP contribution in [0.2, 0.25) is 0 Å². The normalized spacial score (nSPS) is 18.0. The Morgan fingerprint density at radius 1 is 1.21 bits per heavy atom. The molecule has 2 aliphatic rings. The second-order valence-corrected chi connectivity index (χ2v) is 7.12. The number of fused-ring (bicyclic) bond motifs is 1. The van der Waals surface area contributed by atoms with Crippen LogP contribution in [0.3, 0.4) is 0 Å². The second kappa shape index (κ2) is 6.75. The van der Waals surface area contributed by atoms with E-state index in [9.17, 15) is 19.7 Å². The van der Waals surface area contributed by atoms with Gasteiger partial charge in [0.15, 0.2) is 0 Å². The maximum absolute atomic E-state index is 12.5. The summed E-state index contributed by atoms with van der Waals surface area (Å²) in [6.07, 6.45) is 2.58. The van der Waals surface area contributed by atoms with E-state index in [1.165, 1.54) is 23.9 Å². The number of amides is 1. The molecule has 2 aromatic rings. The molecule has 1 N–H and O–H groups in total. The van der Waals surface area contributed by atoms with Crippen molar-refractivity contribution in [1.82, 2.24) is 4.57 Å². The molecule has 2 aliphatic heterocycles. The van der Waals surface area contributed by atoms with Crippen molar-refractivity contribution in [1.29, 1.82) is 0 Å². The summed E-state index contributed by atoms with van der Waals surface area (Å²) in [7, 11) is 1.47. The van der Waals surface area contributed by atoms with E-state index in [1.54, 1.807) is 18.2 Å². The highest BCUT2D eigenvalue weighted by molar-refractivity contribution is 5.94. The number of hydrogen-bond acceptors (Lipinski definition) is 6. The summed E-state index contributed by atoms with van der Waals surface area (Å²) < 4.78 is 12.8. The molecule has 1 spiro atoms. The highest BCUT2D eigenvalue weighted by atomic mass is 16.6. The zero-order chi connectivity index (χ0) is 19.9. The van der Waals surface area contributed by atoms with Gasteiger partial charge in [0.05, 0.1) is 42.0 Å². The van der Waals surface area contributed by atoms with Crippen LogP contribution in [0.15, 0.2) is 35.3 Å². The number of carbonyl (C=O) groups is 1. The van der Waals surface area contributed by atoms with Gasteiger partial charge in [0.25, 0.3) is 11.2 Å². The Bertz CT molecular complexity index is 1020. The molecule has 28 heavy (non-hydrogen) atoms. The van der Waals surface area contributed by atoms with E-state index >= 15 is 0 Å². The van der Waals surface area contributed by atoms with Gasteiger partial charge in [-0.2, -0.15) is 0 Å². The molecule has 0 unspecified atom stereocenters. The Morgan fingerprint density at radius 2 is 1.96 bits per heavy atom. The maximum Gasteiger partial charge on any atom is 0.286 e. The van der Waals surface area contributed by atoms with Crippen molar-refractivity contribution in [3.8, 4) is 16.9 Å². The number of nitro groups is 1. The maximum atomic E-state index is 12.5. The van der Waals surface area contributed by atoms with E-state index in [0.29, 0.717) is 43.1 Å². The van der Waals surface area contributed by atoms with Gasteiger partial charge in [0.2, 0.25) is 5.91 Å². The monoisotopic (exact) mass is 385 g/mol. The molecule has 1 fully saturated rings. The Hall–Kier alpha value is -3.20. The first-order valence-electron chi connectivity index (χ1n) is 8.93. The fourth-order valence-corrected chi connectivity index (χ4v) is 3.66. The van der Waals surface area contributed by atoms with Crippen LogP contribution in [0.1, 0.15) is 19.3 Å². The minimum Gasteiger partial charge on any atom is -0.484 e. The largest absolute Gasteiger partial charge is 0.484 e. The number of aromatic nitrogens is 1. The van der Waals surface area contributed by atoms with Crippen LogP contribution < -0.4 is 15.6 Å². The molecule has 9 heteroatoms. The number of nitrogens with zero attached hydrogens (tertiary/aromatic N) is 2. The molecule has 4 rings (SSSR count). The van der Waals surface area contributed by atoms with Gasteiger partial charge in [-0.05, 0) is 17.7 Å². The second-order valence-electron chi connectivity index (χ2n) is 7.12. The molecule has 1 amide bonds. The lowest BCUT2D eigenvalue weighted by Gasteiger charge is -2.35. The van der Waals surface area contributed by atoms with Crippen LogP contribution in [0, 0.1) is 10.1 Å².